The van der Waals surface area contributed by atoms with Crippen LogP contribution >= 0.6 is 22.7 Å². The van der Waals surface area contributed by atoms with Gasteiger partial charge in [0.05, 0.1) is 17.0 Å². The lowest BCUT2D eigenvalue weighted by Gasteiger charge is -2.14. The zero-order chi connectivity index (χ0) is 25.2. The van der Waals surface area contributed by atoms with E-state index in [9.17, 15) is 0 Å². The molecule has 2 aromatic heterocycles. The van der Waals surface area contributed by atoms with Gasteiger partial charge in [-0.1, -0.05) is 54.5 Å². The molecule has 0 saturated heterocycles. The molecule has 33 heavy (non-hydrogen) atoms. The number of aryl methyl sites for hydroxylation is 2. The molecular weight excluding hydrogens is 444 g/mol. The molecule has 0 unspecified atom stereocenters. The number of benzene rings is 1. The van der Waals surface area contributed by atoms with Crippen LogP contribution in [0.4, 0.5) is 5.69 Å². The lowest BCUT2D eigenvalue weighted by Crippen LogP contribution is -2.14. The van der Waals surface area contributed by atoms with E-state index in [2.05, 4.69) is 73.9 Å². The first kappa shape index (κ1) is 29.0. The van der Waals surface area contributed by atoms with Gasteiger partial charge in [0.15, 0.2) is 0 Å². The molecule has 3 rings (SSSR count). The van der Waals surface area contributed by atoms with E-state index in [1.165, 1.54) is 21.6 Å². The number of aromatic nitrogens is 2. The summed E-state index contributed by atoms with van der Waals surface area (Å²) in [6.07, 6.45) is 4.73. The zero-order valence-corrected chi connectivity index (χ0v) is 24.0. The number of thiazole rings is 2. The van der Waals surface area contributed by atoms with Crippen molar-refractivity contribution in [1.29, 1.82) is 0 Å². The molecule has 0 amide bonds. The number of hydrogen-bond donors (Lipinski definition) is 0. The molecule has 0 bridgehead atoms. The molecule has 3 aromatic rings. The molecule has 4 nitrogen and oxygen atoms in total. The van der Waals surface area contributed by atoms with Crippen LogP contribution in [0.2, 0.25) is 0 Å². The summed E-state index contributed by atoms with van der Waals surface area (Å²) in [4.78, 5) is 17.5. The van der Waals surface area contributed by atoms with Crippen LogP contribution in [0.15, 0.2) is 28.7 Å². The summed E-state index contributed by atoms with van der Waals surface area (Å²) in [7, 11) is 2.03. The van der Waals surface area contributed by atoms with Crippen molar-refractivity contribution in [3.05, 3.63) is 50.3 Å². The highest BCUT2D eigenvalue weighted by molar-refractivity contribution is 7.15. The second-order valence-corrected chi connectivity index (χ2v) is 10.4. The van der Waals surface area contributed by atoms with Gasteiger partial charge in [-0.3, -0.25) is 0 Å². The Morgan fingerprint density at radius 3 is 2.30 bits per heavy atom. The van der Waals surface area contributed by atoms with Crippen LogP contribution in [-0.4, -0.2) is 34.8 Å². The van der Waals surface area contributed by atoms with E-state index < -0.39 is 0 Å². The second kappa shape index (κ2) is 13.6. The van der Waals surface area contributed by atoms with Crippen LogP contribution < -0.4 is 0 Å². The number of hydrogen-bond acceptors (Lipinski definition) is 5. The molecule has 6 heteroatoms. The number of nitrogens with zero attached hydrogens (tertiary/aromatic N) is 4. The Morgan fingerprint density at radius 2 is 1.73 bits per heavy atom. The summed E-state index contributed by atoms with van der Waals surface area (Å²) < 4.78 is 0. The van der Waals surface area contributed by atoms with E-state index in [0.29, 0.717) is 0 Å². The van der Waals surface area contributed by atoms with Crippen molar-refractivity contribution in [2.75, 3.05) is 13.6 Å². The van der Waals surface area contributed by atoms with Gasteiger partial charge in [0.25, 0.3) is 0 Å². The predicted octanol–water partition coefficient (Wildman–Crippen LogP) is 8.44. The smallest absolute Gasteiger partial charge is 0.142 e. The molecule has 1 aromatic carbocycles. The highest BCUT2D eigenvalue weighted by Gasteiger charge is 2.19. The second-order valence-electron chi connectivity index (χ2n) is 8.47. The Kier molecular flexibility index (Phi) is 12.0. The van der Waals surface area contributed by atoms with Crippen molar-refractivity contribution in [3.8, 4) is 10.7 Å². The van der Waals surface area contributed by atoms with E-state index >= 15 is 0 Å². The monoisotopic (exact) mass is 486 g/mol. The summed E-state index contributed by atoms with van der Waals surface area (Å²) in [5.74, 6) is 0. The van der Waals surface area contributed by atoms with E-state index in [1.807, 2.05) is 47.3 Å². The van der Waals surface area contributed by atoms with Gasteiger partial charge in [-0.15, -0.1) is 22.7 Å². The van der Waals surface area contributed by atoms with Crippen LogP contribution in [0.3, 0.4) is 0 Å². The molecule has 0 aliphatic rings. The van der Waals surface area contributed by atoms with E-state index in [1.54, 1.807) is 22.7 Å². The lowest BCUT2D eigenvalue weighted by atomic mass is 9.96. The highest BCUT2D eigenvalue weighted by Crippen LogP contribution is 2.34. The first-order valence-corrected chi connectivity index (χ1v) is 13.6. The van der Waals surface area contributed by atoms with Crippen LogP contribution in [0, 0.1) is 13.8 Å². The Hall–Kier alpha value is -2.05. The SMILES string of the molecule is CC.CC.CCN(C)C=Nc1cc(C)c(Cc2nc(-c3ncc(C(C)(C)C)s3)cs2)cc1C. The minimum Gasteiger partial charge on any atom is -0.366 e. The normalized spacial score (nSPS) is 11.0. The number of aliphatic imine (C=N–C) groups is 1. The largest absolute Gasteiger partial charge is 0.366 e. The molecule has 0 radical (unpaired) electrons. The fourth-order valence-corrected chi connectivity index (χ4v) is 4.64. The average Bonchev–Trinajstić information content (AvgIpc) is 3.47. The zero-order valence-electron chi connectivity index (χ0n) is 22.4. The maximum absolute atomic E-state index is 4.87. The van der Waals surface area contributed by atoms with Crippen molar-refractivity contribution < 1.29 is 0 Å². The Bertz CT molecular complexity index is 1010. The third kappa shape index (κ3) is 8.35. The third-order valence-electron chi connectivity index (χ3n) is 4.90. The molecule has 0 fully saturated rings. The Morgan fingerprint density at radius 1 is 1.06 bits per heavy atom. The van der Waals surface area contributed by atoms with Gasteiger partial charge in [0.2, 0.25) is 0 Å². The quantitative estimate of drug-likeness (QED) is 0.259. The van der Waals surface area contributed by atoms with Crippen LogP contribution in [-0.2, 0) is 11.8 Å². The topological polar surface area (TPSA) is 41.4 Å². The van der Waals surface area contributed by atoms with Gasteiger partial charge >= 0.3 is 0 Å². The third-order valence-corrected chi connectivity index (χ3v) is 7.20. The minimum atomic E-state index is 0.125. The van der Waals surface area contributed by atoms with Gasteiger partial charge in [-0.05, 0) is 48.9 Å². The summed E-state index contributed by atoms with van der Waals surface area (Å²) in [5.41, 5.74) is 5.90. The summed E-state index contributed by atoms with van der Waals surface area (Å²) in [6, 6.07) is 4.42. The Labute approximate surface area is 209 Å². The fourth-order valence-electron chi connectivity index (χ4n) is 2.83. The fraction of sp³-hybridized carbons (Fsp3) is 0.519. The van der Waals surface area contributed by atoms with Gasteiger partial charge < -0.3 is 4.90 Å². The van der Waals surface area contributed by atoms with Gasteiger partial charge in [0.1, 0.15) is 10.7 Å². The predicted molar refractivity (Wildman–Crippen MR) is 150 cm³/mol. The molecule has 0 aliphatic carbocycles. The first-order chi connectivity index (χ1) is 15.7. The van der Waals surface area contributed by atoms with Crippen molar-refractivity contribution in [3.63, 3.8) is 0 Å². The van der Waals surface area contributed by atoms with Crippen molar-refractivity contribution in [2.24, 2.45) is 4.99 Å². The van der Waals surface area contributed by atoms with Crippen LogP contribution in [0.1, 0.15) is 82.0 Å². The van der Waals surface area contributed by atoms with Crippen LogP contribution in [0.25, 0.3) is 10.7 Å². The highest BCUT2D eigenvalue weighted by atomic mass is 32.1. The standard InChI is InChI=1S/C23H30N4S2.2C2H6/c1-8-27(7)14-25-18-10-15(2)17(9-16(18)3)11-21-26-19(13-28-21)22-24-12-20(29-22)23(4,5)6;2*1-2/h9-10,12-14H,8,11H2,1-7H3;2*1-2H3. The van der Waals surface area contributed by atoms with E-state index in [0.717, 1.165) is 34.4 Å². The summed E-state index contributed by atoms with van der Waals surface area (Å²) >= 11 is 3.45. The minimum absolute atomic E-state index is 0.125. The van der Waals surface area contributed by atoms with Gasteiger partial charge in [-0.2, -0.15) is 0 Å². The summed E-state index contributed by atoms with van der Waals surface area (Å²) in [5, 5.41) is 4.26. The van der Waals surface area contributed by atoms with E-state index in [-0.39, 0.29) is 5.41 Å². The van der Waals surface area contributed by atoms with Gasteiger partial charge in [-0.25, -0.2) is 15.0 Å². The van der Waals surface area contributed by atoms with Crippen molar-refractivity contribution in [2.45, 2.75) is 81.1 Å². The first-order valence-electron chi connectivity index (χ1n) is 11.9. The maximum Gasteiger partial charge on any atom is 0.142 e. The molecule has 0 atom stereocenters. The molecule has 0 spiro atoms. The van der Waals surface area contributed by atoms with Crippen molar-refractivity contribution >= 4 is 34.7 Å². The number of rotatable bonds is 6. The summed E-state index contributed by atoms with van der Waals surface area (Å²) in [6.45, 7) is 22.0. The maximum atomic E-state index is 4.87. The van der Waals surface area contributed by atoms with Crippen LogP contribution in [0.5, 0.6) is 0 Å². The molecule has 0 saturated carbocycles. The van der Waals surface area contributed by atoms with Gasteiger partial charge in [0, 0.05) is 36.5 Å². The molecule has 182 valence electrons. The molecule has 0 N–H and O–H groups in total. The lowest BCUT2D eigenvalue weighted by molar-refractivity contribution is 0.552. The van der Waals surface area contributed by atoms with E-state index in [4.69, 9.17) is 4.98 Å². The van der Waals surface area contributed by atoms with Crippen molar-refractivity contribution in [1.82, 2.24) is 14.9 Å². The Balaban J connectivity index is 0.00000129. The molecule has 2 heterocycles. The molecular formula is C27H42N4S2. The molecule has 0 aliphatic heterocycles. The average molecular weight is 487 g/mol.